The number of rotatable bonds is 7. The van der Waals surface area contributed by atoms with Crippen molar-refractivity contribution >= 4 is 5.91 Å². The van der Waals surface area contributed by atoms with Crippen LogP contribution in [0.3, 0.4) is 0 Å². The number of aromatic nitrogens is 1. The molecular formula is C26H34N4O2. The van der Waals surface area contributed by atoms with Gasteiger partial charge in [-0.1, -0.05) is 55.7 Å². The number of carbonyl (C=O) groups excluding carboxylic acids is 1. The van der Waals surface area contributed by atoms with Gasteiger partial charge in [0.15, 0.2) is 5.60 Å². The summed E-state index contributed by atoms with van der Waals surface area (Å²) in [5, 5.41) is 14.9. The predicted molar refractivity (Wildman–Crippen MR) is 123 cm³/mol. The Morgan fingerprint density at radius 1 is 1.22 bits per heavy atom. The number of fused-ring (bicyclic) bond motifs is 1. The molecule has 0 bridgehead atoms. The fourth-order valence-electron chi connectivity index (χ4n) is 6.14. The third-order valence-corrected chi connectivity index (χ3v) is 8.07. The second kappa shape index (κ2) is 8.58. The molecule has 0 radical (unpaired) electrons. The van der Waals surface area contributed by atoms with Gasteiger partial charge in [0.2, 0.25) is 0 Å². The number of hydrogen-bond donors (Lipinski definition) is 3. The van der Waals surface area contributed by atoms with Crippen molar-refractivity contribution < 1.29 is 9.90 Å². The highest BCUT2D eigenvalue weighted by Crippen LogP contribution is 2.59. The molecule has 4 N–H and O–H groups in total. The number of pyridine rings is 1. The fourth-order valence-corrected chi connectivity index (χ4v) is 6.14. The lowest BCUT2D eigenvalue weighted by Gasteiger charge is -2.39. The number of aliphatic hydroxyl groups is 1. The van der Waals surface area contributed by atoms with Gasteiger partial charge in [-0.3, -0.25) is 14.7 Å². The Labute approximate surface area is 190 Å². The maximum atomic E-state index is 13.6. The minimum atomic E-state index is -1.53. The smallest absolute Gasteiger partial charge is 0.258 e. The van der Waals surface area contributed by atoms with Gasteiger partial charge in [0.05, 0.1) is 6.17 Å². The van der Waals surface area contributed by atoms with Crippen LogP contribution in [0, 0.1) is 17.3 Å². The molecule has 0 spiro atoms. The molecule has 1 amide bonds. The van der Waals surface area contributed by atoms with Crippen LogP contribution < -0.4 is 11.1 Å². The van der Waals surface area contributed by atoms with E-state index in [1.54, 1.807) is 6.20 Å². The summed E-state index contributed by atoms with van der Waals surface area (Å²) < 4.78 is 0. The maximum absolute atomic E-state index is 13.6. The lowest BCUT2D eigenvalue weighted by atomic mass is 9.72. The first-order valence-electron chi connectivity index (χ1n) is 12.0. The number of carbonyl (C=O) groups is 1. The summed E-state index contributed by atoms with van der Waals surface area (Å²) in [5.74, 6) is 0.0758. The summed E-state index contributed by atoms with van der Waals surface area (Å²) in [4.78, 5) is 20.2. The van der Waals surface area contributed by atoms with E-state index in [4.69, 9.17) is 5.73 Å². The molecule has 6 heteroatoms. The van der Waals surface area contributed by atoms with Crippen LogP contribution in [0.2, 0.25) is 0 Å². The molecule has 6 nitrogen and oxygen atoms in total. The first-order chi connectivity index (χ1) is 15.5. The van der Waals surface area contributed by atoms with Gasteiger partial charge in [-0.25, -0.2) is 0 Å². The van der Waals surface area contributed by atoms with Gasteiger partial charge in [-0.05, 0) is 42.4 Å². The average molecular weight is 435 g/mol. The van der Waals surface area contributed by atoms with Crippen molar-refractivity contribution in [1.82, 2.24) is 15.2 Å². The van der Waals surface area contributed by atoms with Crippen molar-refractivity contribution in [3.63, 3.8) is 0 Å². The van der Waals surface area contributed by atoms with E-state index in [1.165, 1.54) is 12.0 Å². The SMILES string of the molecule is NC(NC(=O)C(O)(c1ccccc1)C1CCCCC1)C12CC1CN(Cc1cccnc1)C2. The zero-order chi connectivity index (χ0) is 22.2. The highest BCUT2D eigenvalue weighted by atomic mass is 16.3. The average Bonchev–Trinajstić information content (AvgIpc) is 3.42. The van der Waals surface area contributed by atoms with Gasteiger partial charge in [0.25, 0.3) is 5.91 Å². The van der Waals surface area contributed by atoms with Gasteiger partial charge < -0.3 is 16.2 Å². The normalized spacial score (nSPS) is 28.5. The van der Waals surface area contributed by atoms with Crippen molar-refractivity contribution in [2.45, 2.75) is 56.8 Å². The highest BCUT2D eigenvalue weighted by Gasteiger charge is 2.63. The van der Waals surface area contributed by atoms with E-state index < -0.39 is 11.8 Å². The third kappa shape index (κ3) is 3.85. The van der Waals surface area contributed by atoms with Crippen LogP contribution in [-0.4, -0.2) is 40.2 Å². The van der Waals surface area contributed by atoms with Gasteiger partial charge in [-0.2, -0.15) is 0 Å². The van der Waals surface area contributed by atoms with E-state index in [1.807, 2.05) is 42.6 Å². The minimum absolute atomic E-state index is 0.0796. The van der Waals surface area contributed by atoms with Gasteiger partial charge >= 0.3 is 0 Å². The first-order valence-corrected chi connectivity index (χ1v) is 12.0. The molecule has 2 aliphatic carbocycles. The molecule has 2 heterocycles. The minimum Gasteiger partial charge on any atom is -0.375 e. The zero-order valence-corrected chi connectivity index (χ0v) is 18.6. The molecular weight excluding hydrogens is 400 g/mol. The Balaban J connectivity index is 1.30. The Kier molecular flexibility index (Phi) is 5.78. The monoisotopic (exact) mass is 434 g/mol. The zero-order valence-electron chi connectivity index (χ0n) is 18.6. The molecule has 5 rings (SSSR count). The van der Waals surface area contributed by atoms with Crippen molar-refractivity contribution in [3.8, 4) is 0 Å². The number of benzene rings is 1. The second-order valence-corrected chi connectivity index (χ2v) is 10.1. The summed E-state index contributed by atoms with van der Waals surface area (Å²) >= 11 is 0. The Hall–Kier alpha value is -2.28. The molecule has 1 aromatic carbocycles. The Morgan fingerprint density at radius 3 is 2.72 bits per heavy atom. The number of hydrogen-bond acceptors (Lipinski definition) is 5. The second-order valence-electron chi connectivity index (χ2n) is 10.1. The quantitative estimate of drug-likeness (QED) is 0.583. The maximum Gasteiger partial charge on any atom is 0.258 e. The molecule has 32 heavy (non-hydrogen) atoms. The number of likely N-dealkylation sites (tertiary alicyclic amines) is 1. The third-order valence-electron chi connectivity index (χ3n) is 8.07. The van der Waals surface area contributed by atoms with Crippen molar-refractivity contribution in [2.24, 2.45) is 23.0 Å². The molecule has 1 aliphatic heterocycles. The molecule has 1 aromatic heterocycles. The van der Waals surface area contributed by atoms with Crippen LogP contribution in [0.4, 0.5) is 0 Å². The van der Waals surface area contributed by atoms with Crippen molar-refractivity contribution in [1.29, 1.82) is 0 Å². The summed E-state index contributed by atoms with van der Waals surface area (Å²) in [7, 11) is 0. The molecule has 1 saturated heterocycles. The molecule has 2 aromatic rings. The summed E-state index contributed by atoms with van der Waals surface area (Å²) in [6, 6.07) is 13.5. The van der Waals surface area contributed by atoms with Crippen LogP contribution in [0.1, 0.15) is 49.7 Å². The van der Waals surface area contributed by atoms with E-state index in [2.05, 4.69) is 21.3 Å². The number of nitrogens with one attached hydrogen (secondary N) is 1. The highest BCUT2D eigenvalue weighted by molar-refractivity contribution is 5.87. The summed E-state index contributed by atoms with van der Waals surface area (Å²) in [5.41, 5.74) is 6.87. The molecule has 2 saturated carbocycles. The molecule has 4 atom stereocenters. The van der Waals surface area contributed by atoms with E-state index in [-0.39, 0.29) is 17.2 Å². The van der Waals surface area contributed by atoms with Gasteiger partial charge in [-0.15, -0.1) is 0 Å². The summed E-state index contributed by atoms with van der Waals surface area (Å²) in [6.45, 7) is 2.70. The van der Waals surface area contributed by atoms with Gasteiger partial charge in [0.1, 0.15) is 0 Å². The van der Waals surface area contributed by atoms with E-state index in [9.17, 15) is 9.90 Å². The molecule has 170 valence electrons. The molecule has 4 unspecified atom stereocenters. The number of piperidine rings is 1. The predicted octanol–water partition coefficient (Wildman–Crippen LogP) is 2.77. The van der Waals surface area contributed by atoms with Crippen molar-refractivity contribution in [2.75, 3.05) is 13.1 Å². The lowest BCUT2D eigenvalue weighted by Crippen LogP contribution is -2.58. The first kappa shape index (κ1) is 21.6. The van der Waals surface area contributed by atoms with E-state index >= 15 is 0 Å². The largest absolute Gasteiger partial charge is 0.375 e. The molecule has 3 fully saturated rings. The van der Waals surface area contributed by atoms with Crippen LogP contribution >= 0.6 is 0 Å². The Morgan fingerprint density at radius 2 is 2.00 bits per heavy atom. The van der Waals surface area contributed by atoms with Crippen LogP contribution in [0.5, 0.6) is 0 Å². The van der Waals surface area contributed by atoms with Crippen LogP contribution in [0.15, 0.2) is 54.9 Å². The number of nitrogens with zero attached hydrogens (tertiary/aromatic N) is 2. The summed E-state index contributed by atoms with van der Waals surface area (Å²) in [6.07, 6.45) is 9.26. The topological polar surface area (TPSA) is 91.5 Å². The van der Waals surface area contributed by atoms with E-state index in [0.717, 1.165) is 51.7 Å². The number of nitrogens with two attached hydrogens (primary N) is 1. The molecule has 3 aliphatic rings. The Bertz CT molecular complexity index is 933. The van der Waals surface area contributed by atoms with Crippen LogP contribution in [0.25, 0.3) is 0 Å². The fraction of sp³-hybridized carbons (Fsp3) is 0.538. The van der Waals surface area contributed by atoms with Crippen molar-refractivity contribution in [3.05, 3.63) is 66.0 Å². The van der Waals surface area contributed by atoms with Crippen LogP contribution in [-0.2, 0) is 16.9 Å². The standard InChI is InChI=1S/C26H34N4O2/c27-23(25-14-22(25)17-30(18-25)16-19-8-7-13-28-15-19)29-24(31)26(32,20-9-3-1-4-10-20)21-11-5-2-6-12-21/h1,3-4,7-10,13,15,21-23,32H,2,5-6,11-12,14,16-18,27H2,(H,29,31). The lowest BCUT2D eigenvalue weighted by molar-refractivity contribution is -0.150. The van der Waals surface area contributed by atoms with Gasteiger partial charge in [0, 0.05) is 43.4 Å². The number of amides is 1. The van der Waals surface area contributed by atoms with E-state index in [0.29, 0.717) is 11.5 Å².